The second-order valence-corrected chi connectivity index (χ2v) is 6.03. The van der Waals surface area contributed by atoms with Crippen LogP contribution in [0.15, 0.2) is 46.9 Å². The summed E-state index contributed by atoms with van der Waals surface area (Å²) in [6.45, 7) is 3.50. The van der Waals surface area contributed by atoms with Crippen molar-refractivity contribution in [3.63, 3.8) is 0 Å². The molecule has 25 heavy (non-hydrogen) atoms. The van der Waals surface area contributed by atoms with Crippen molar-refractivity contribution in [1.82, 2.24) is 5.32 Å². The first kappa shape index (κ1) is 17.1. The normalized spacial score (nSPS) is 13.6. The molecule has 3 rings (SSSR count). The van der Waals surface area contributed by atoms with E-state index in [1.807, 2.05) is 19.1 Å². The van der Waals surface area contributed by atoms with Crippen molar-refractivity contribution < 1.29 is 23.1 Å². The van der Waals surface area contributed by atoms with Crippen molar-refractivity contribution in [2.24, 2.45) is 0 Å². The van der Waals surface area contributed by atoms with Gasteiger partial charge in [-0.2, -0.15) is 0 Å². The number of amides is 1. The molecule has 0 saturated heterocycles. The summed E-state index contributed by atoms with van der Waals surface area (Å²) in [5.74, 6) is -2.43. The topological polar surface area (TPSA) is 62.5 Å². The fourth-order valence-corrected chi connectivity index (χ4v) is 2.62. The van der Waals surface area contributed by atoms with Crippen molar-refractivity contribution in [2.45, 2.75) is 26.0 Å². The predicted molar refractivity (Wildman–Crippen MR) is 89.2 cm³/mol. The number of furan rings is 1. The van der Waals surface area contributed by atoms with E-state index in [9.17, 15) is 18.7 Å². The van der Waals surface area contributed by atoms with Gasteiger partial charge in [0.2, 0.25) is 0 Å². The number of aryl methyl sites for hydroxylation is 1. The summed E-state index contributed by atoms with van der Waals surface area (Å²) in [5.41, 5.74) is 1.80. The van der Waals surface area contributed by atoms with Crippen LogP contribution in [-0.2, 0) is 0 Å². The maximum absolute atomic E-state index is 13.3. The minimum atomic E-state index is -1.19. The Hall–Kier alpha value is -2.73. The van der Waals surface area contributed by atoms with E-state index in [1.54, 1.807) is 19.1 Å². The average molecular weight is 345 g/mol. The molecule has 0 radical (unpaired) electrons. The molecule has 3 aromatic rings. The number of hydrogen-bond donors (Lipinski definition) is 2. The number of nitrogens with one attached hydrogen (secondary N) is 1. The fourth-order valence-electron chi connectivity index (χ4n) is 2.62. The van der Waals surface area contributed by atoms with Gasteiger partial charge in [0.05, 0.1) is 12.1 Å². The molecule has 0 spiro atoms. The molecule has 130 valence electrons. The molecular formula is C19H17F2NO3. The minimum Gasteiger partial charge on any atom is -0.451 e. The predicted octanol–water partition coefficient (Wildman–Crippen LogP) is 3.87. The smallest absolute Gasteiger partial charge is 0.287 e. The second-order valence-electron chi connectivity index (χ2n) is 6.03. The third-order valence-corrected chi connectivity index (χ3v) is 4.01. The first-order valence-electron chi connectivity index (χ1n) is 7.79. The Balaban J connectivity index is 1.75. The first-order valence-corrected chi connectivity index (χ1v) is 7.79. The average Bonchev–Trinajstić information content (AvgIpc) is 2.99. The number of carbonyl (C=O) groups excluding carboxylic acids is 1. The second kappa shape index (κ2) is 6.64. The number of benzene rings is 2. The van der Waals surface area contributed by atoms with Gasteiger partial charge in [-0.3, -0.25) is 4.79 Å². The quantitative estimate of drug-likeness (QED) is 0.754. The minimum absolute atomic E-state index is 0.116. The van der Waals surface area contributed by atoms with Crippen LogP contribution in [0.4, 0.5) is 8.78 Å². The van der Waals surface area contributed by atoms with Crippen LogP contribution in [0.2, 0.25) is 0 Å². The molecule has 2 N–H and O–H groups in total. The molecule has 2 atom stereocenters. The lowest BCUT2D eigenvalue weighted by atomic mass is 10.0. The van der Waals surface area contributed by atoms with Gasteiger partial charge >= 0.3 is 0 Å². The van der Waals surface area contributed by atoms with Gasteiger partial charge in [0.15, 0.2) is 17.4 Å². The number of rotatable bonds is 4. The zero-order valence-corrected chi connectivity index (χ0v) is 13.7. The number of carbonyl (C=O) groups is 1. The Kier molecular flexibility index (Phi) is 4.55. The lowest BCUT2D eigenvalue weighted by molar-refractivity contribution is 0.0827. The summed E-state index contributed by atoms with van der Waals surface area (Å²) in [5, 5.41) is 13.7. The molecule has 0 aliphatic rings. The highest BCUT2D eigenvalue weighted by atomic mass is 19.2. The molecule has 4 nitrogen and oxygen atoms in total. The molecule has 6 heteroatoms. The Labute approximate surface area is 143 Å². The van der Waals surface area contributed by atoms with Crippen LogP contribution in [0.5, 0.6) is 0 Å². The van der Waals surface area contributed by atoms with E-state index in [0.29, 0.717) is 5.58 Å². The summed E-state index contributed by atoms with van der Waals surface area (Å²) in [7, 11) is 0. The maximum Gasteiger partial charge on any atom is 0.287 e. The van der Waals surface area contributed by atoms with Crippen LogP contribution in [0.25, 0.3) is 11.0 Å². The van der Waals surface area contributed by atoms with Gasteiger partial charge in [-0.1, -0.05) is 17.7 Å². The largest absolute Gasteiger partial charge is 0.451 e. The van der Waals surface area contributed by atoms with Crippen molar-refractivity contribution in [3.05, 3.63) is 71.0 Å². The van der Waals surface area contributed by atoms with E-state index >= 15 is 0 Å². The van der Waals surface area contributed by atoms with E-state index in [2.05, 4.69) is 5.32 Å². The zero-order chi connectivity index (χ0) is 18.1. The van der Waals surface area contributed by atoms with E-state index in [0.717, 1.165) is 23.1 Å². The van der Waals surface area contributed by atoms with Crippen molar-refractivity contribution in [2.75, 3.05) is 0 Å². The number of halogens is 2. The molecule has 2 unspecified atom stereocenters. The summed E-state index contributed by atoms with van der Waals surface area (Å²) < 4.78 is 31.8. The zero-order valence-electron chi connectivity index (χ0n) is 13.7. The lowest BCUT2D eigenvalue weighted by Crippen LogP contribution is -2.36. The SMILES string of the molecule is Cc1ccc2oc(C(=O)NC(C)C(O)c3ccc(F)c(F)c3)cc2c1. The summed E-state index contributed by atoms with van der Waals surface area (Å²) in [6.07, 6.45) is -1.19. The van der Waals surface area contributed by atoms with Crippen LogP contribution >= 0.6 is 0 Å². The molecule has 2 aromatic carbocycles. The van der Waals surface area contributed by atoms with E-state index in [-0.39, 0.29) is 11.3 Å². The standard InChI is InChI=1S/C19H17F2NO3/c1-10-3-6-16-13(7-10)9-17(25-16)19(24)22-11(2)18(23)12-4-5-14(20)15(21)8-12/h3-9,11,18,23H,1-2H3,(H,22,24). The van der Waals surface area contributed by atoms with Crippen molar-refractivity contribution in [1.29, 1.82) is 0 Å². The van der Waals surface area contributed by atoms with Crippen LogP contribution in [-0.4, -0.2) is 17.1 Å². The van der Waals surface area contributed by atoms with Crippen LogP contribution in [0.3, 0.4) is 0 Å². The highest BCUT2D eigenvalue weighted by Crippen LogP contribution is 2.22. The molecule has 0 aliphatic carbocycles. The third kappa shape index (κ3) is 3.53. The van der Waals surface area contributed by atoms with Crippen LogP contribution in [0, 0.1) is 18.6 Å². The van der Waals surface area contributed by atoms with Crippen molar-refractivity contribution in [3.8, 4) is 0 Å². The van der Waals surface area contributed by atoms with Gasteiger partial charge in [-0.05, 0) is 49.7 Å². The lowest BCUT2D eigenvalue weighted by Gasteiger charge is -2.20. The number of hydrogen-bond acceptors (Lipinski definition) is 3. The summed E-state index contributed by atoms with van der Waals surface area (Å²) in [4.78, 5) is 12.3. The molecule has 0 bridgehead atoms. The van der Waals surface area contributed by atoms with Gasteiger partial charge in [0.25, 0.3) is 5.91 Å². The first-order chi connectivity index (χ1) is 11.8. The molecular weight excluding hydrogens is 328 g/mol. The Morgan fingerprint density at radius 2 is 1.88 bits per heavy atom. The highest BCUT2D eigenvalue weighted by molar-refractivity contribution is 5.96. The number of aliphatic hydroxyl groups is 1. The Morgan fingerprint density at radius 1 is 1.12 bits per heavy atom. The third-order valence-electron chi connectivity index (χ3n) is 4.01. The summed E-state index contributed by atoms with van der Waals surface area (Å²) in [6, 6.07) is 9.56. The highest BCUT2D eigenvalue weighted by Gasteiger charge is 2.22. The van der Waals surface area contributed by atoms with Gasteiger partial charge in [-0.15, -0.1) is 0 Å². The van der Waals surface area contributed by atoms with Crippen LogP contribution in [0.1, 0.15) is 34.7 Å². The Bertz CT molecular complexity index is 936. The van der Waals surface area contributed by atoms with Gasteiger partial charge in [0, 0.05) is 5.39 Å². The van der Waals surface area contributed by atoms with E-state index < -0.39 is 29.7 Å². The van der Waals surface area contributed by atoms with Gasteiger partial charge < -0.3 is 14.8 Å². The monoisotopic (exact) mass is 345 g/mol. The molecule has 1 heterocycles. The molecule has 0 saturated carbocycles. The summed E-state index contributed by atoms with van der Waals surface area (Å²) >= 11 is 0. The molecule has 1 aromatic heterocycles. The molecule has 0 fully saturated rings. The maximum atomic E-state index is 13.3. The van der Waals surface area contributed by atoms with E-state index in [1.165, 1.54) is 6.07 Å². The number of fused-ring (bicyclic) bond motifs is 1. The number of aliphatic hydroxyl groups excluding tert-OH is 1. The molecule has 1 amide bonds. The van der Waals surface area contributed by atoms with Gasteiger partial charge in [-0.25, -0.2) is 8.78 Å². The fraction of sp³-hybridized carbons (Fsp3) is 0.211. The van der Waals surface area contributed by atoms with Gasteiger partial charge in [0.1, 0.15) is 5.58 Å². The van der Waals surface area contributed by atoms with Crippen molar-refractivity contribution >= 4 is 16.9 Å². The Morgan fingerprint density at radius 3 is 2.60 bits per heavy atom. The van der Waals surface area contributed by atoms with E-state index in [4.69, 9.17) is 4.42 Å². The molecule has 0 aliphatic heterocycles. The van der Waals surface area contributed by atoms with Crippen LogP contribution < -0.4 is 5.32 Å².